The Morgan fingerprint density at radius 3 is 2.61 bits per heavy atom. The zero-order valence-electron chi connectivity index (χ0n) is 17.5. The van der Waals surface area contributed by atoms with E-state index in [2.05, 4.69) is 20.3 Å². The standard InChI is InChI=1S/C23H26F2N4O2/c1-14-26-13-23(31-14)20-7-4-16-12-27-18(8-21(16)29-20)9-22(30)15-2-5-17(6-3-15)28-19(10-24)11-25/h4,7-8,12-13,15,17,19,28H,2-3,5-6,9-11H2,1H3. The monoisotopic (exact) mass is 428 g/mol. The van der Waals surface area contributed by atoms with Crippen molar-refractivity contribution in [3.63, 3.8) is 0 Å². The summed E-state index contributed by atoms with van der Waals surface area (Å²) in [5, 5.41) is 3.90. The van der Waals surface area contributed by atoms with E-state index < -0.39 is 19.4 Å². The highest BCUT2D eigenvalue weighted by Crippen LogP contribution is 2.27. The smallest absolute Gasteiger partial charge is 0.191 e. The van der Waals surface area contributed by atoms with Crippen molar-refractivity contribution in [1.29, 1.82) is 0 Å². The highest BCUT2D eigenvalue weighted by atomic mass is 19.1. The second kappa shape index (κ2) is 9.60. The molecule has 1 aliphatic carbocycles. The molecule has 1 fully saturated rings. The van der Waals surface area contributed by atoms with Gasteiger partial charge in [-0.1, -0.05) is 0 Å². The van der Waals surface area contributed by atoms with Crippen molar-refractivity contribution in [3.8, 4) is 11.5 Å². The summed E-state index contributed by atoms with van der Waals surface area (Å²) in [6.07, 6.45) is 6.58. The molecule has 1 N–H and O–H groups in total. The molecular weight excluding hydrogens is 402 g/mol. The number of halogens is 2. The number of ketones is 1. The van der Waals surface area contributed by atoms with Gasteiger partial charge in [0.2, 0.25) is 0 Å². The average Bonchev–Trinajstić information content (AvgIpc) is 3.23. The molecule has 0 atom stereocenters. The Hall–Kier alpha value is -2.74. The lowest BCUT2D eigenvalue weighted by molar-refractivity contribution is -0.123. The van der Waals surface area contributed by atoms with Crippen LogP contribution in [-0.4, -0.2) is 46.2 Å². The second-order valence-corrected chi connectivity index (χ2v) is 8.17. The highest BCUT2D eigenvalue weighted by molar-refractivity contribution is 5.85. The predicted molar refractivity (Wildman–Crippen MR) is 113 cm³/mol. The first kappa shape index (κ1) is 21.5. The van der Waals surface area contributed by atoms with Gasteiger partial charge in [-0.15, -0.1) is 0 Å². The molecule has 3 heterocycles. The first-order chi connectivity index (χ1) is 15.1. The van der Waals surface area contributed by atoms with E-state index in [0.29, 0.717) is 23.0 Å². The maximum absolute atomic E-state index is 12.8. The van der Waals surface area contributed by atoms with E-state index in [4.69, 9.17) is 4.42 Å². The average molecular weight is 428 g/mol. The van der Waals surface area contributed by atoms with E-state index in [1.807, 2.05) is 18.2 Å². The van der Waals surface area contributed by atoms with Crippen molar-refractivity contribution >= 4 is 16.7 Å². The molecule has 0 aromatic carbocycles. The maximum Gasteiger partial charge on any atom is 0.191 e. The summed E-state index contributed by atoms with van der Waals surface area (Å²) in [7, 11) is 0. The Kier molecular flexibility index (Phi) is 6.65. The van der Waals surface area contributed by atoms with Crippen LogP contribution in [-0.2, 0) is 11.2 Å². The van der Waals surface area contributed by atoms with Crippen molar-refractivity contribution in [2.45, 2.75) is 51.1 Å². The summed E-state index contributed by atoms with van der Waals surface area (Å²) in [5.41, 5.74) is 2.12. The third-order valence-electron chi connectivity index (χ3n) is 5.89. The van der Waals surface area contributed by atoms with Crippen LogP contribution in [0, 0.1) is 12.8 Å². The number of hydrogen-bond donors (Lipinski definition) is 1. The number of rotatable bonds is 8. The molecule has 1 aliphatic rings. The lowest BCUT2D eigenvalue weighted by Gasteiger charge is -2.30. The summed E-state index contributed by atoms with van der Waals surface area (Å²) >= 11 is 0. The molecule has 164 valence electrons. The van der Waals surface area contributed by atoms with E-state index in [1.165, 1.54) is 0 Å². The van der Waals surface area contributed by atoms with Crippen LogP contribution in [0.5, 0.6) is 0 Å². The zero-order valence-corrected chi connectivity index (χ0v) is 17.5. The normalized spacial score (nSPS) is 19.2. The van der Waals surface area contributed by atoms with Gasteiger partial charge in [0, 0.05) is 42.6 Å². The second-order valence-electron chi connectivity index (χ2n) is 8.17. The van der Waals surface area contributed by atoms with Gasteiger partial charge in [-0.05, 0) is 43.9 Å². The number of carbonyl (C=O) groups excluding carboxylic acids is 1. The predicted octanol–water partition coefficient (Wildman–Crippen LogP) is 4.16. The summed E-state index contributed by atoms with van der Waals surface area (Å²) in [6.45, 7) is 0.353. The minimum atomic E-state index is -0.739. The van der Waals surface area contributed by atoms with Gasteiger partial charge in [0.05, 0.1) is 17.8 Å². The Morgan fingerprint density at radius 1 is 1.16 bits per heavy atom. The van der Waals surface area contributed by atoms with Crippen molar-refractivity contribution in [2.75, 3.05) is 13.3 Å². The number of Topliss-reactive ketones (excluding diaryl/α,β-unsaturated/α-hetero) is 1. The number of nitrogens with zero attached hydrogens (tertiary/aromatic N) is 3. The molecule has 0 unspecified atom stereocenters. The van der Waals surface area contributed by atoms with Crippen molar-refractivity contribution in [3.05, 3.63) is 42.2 Å². The SMILES string of the molecule is Cc1ncc(-c2ccc3cnc(CC(=O)C4CCC(NC(CF)CF)CC4)cc3n2)o1. The van der Waals surface area contributed by atoms with Gasteiger partial charge in [-0.25, -0.2) is 18.7 Å². The van der Waals surface area contributed by atoms with Crippen molar-refractivity contribution in [1.82, 2.24) is 20.3 Å². The van der Waals surface area contributed by atoms with Crippen LogP contribution in [0.3, 0.4) is 0 Å². The topological polar surface area (TPSA) is 80.9 Å². The zero-order chi connectivity index (χ0) is 21.8. The molecule has 31 heavy (non-hydrogen) atoms. The number of nitrogens with one attached hydrogen (secondary N) is 1. The van der Waals surface area contributed by atoms with Crippen LogP contribution in [0.4, 0.5) is 8.78 Å². The van der Waals surface area contributed by atoms with Gasteiger partial charge in [0.15, 0.2) is 11.7 Å². The van der Waals surface area contributed by atoms with Crippen molar-refractivity contribution in [2.24, 2.45) is 5.92 Å². The molecule has 0 bridgehead atoms. The number of aromatic nitrogens is 3. The first-order valence-electron chi connectivity index (χ1n) is 10.6. The fourth-order valence-corrected chi connectivity index (χ4v) is 4.14. The van der Waals surface area contributed by atoms with Gasteiger partial charge in [0.1, 0.15) is 24.8 Å². The Morgan fingerprint density at radius 2 is 1.94 bits per heavy atom. The minimum Gasteiger partial charge on any atom is -0.439 e. The molecule has 4 rings (SSSR count). The fourth-order valence-electron chi connectivity index (χ4n) is 4.14. The minimum absolute atomic E-state index is 0.0405. The number of aryl methyl sites for hydroxylation is 1. The summed E-state index contributed by atoms with van der Waals surface area (Å²) in [6, 6.07) is 4.96. The molecule has 0 aliphatic heterocycles. The van der Waals surface area contributed by atoms with Crippen LogP contribution in [0.2, 0.25) is 0 Å². The number of hydrogen-bond acceptors (Lipinski definition) is 6. The van der Waals surface area contributed by atoms with Crippen LogP contribution in [0.25, 0.3) is 22.4 Å². The number of oxazole rings is 1. The van der Waals surface area contributed by atoms with E-state index in [-0.39, 0.29) is 24.2 Å². The Balaban J connectivity index is 1.39. The summed E-state index contributed by atoms with van der Waals surface area (Å²) in [5.74, 6) is 1.29. The molecule has 0 spiro atoms. The van der Waals surface area contributed by atoms with Crippen LogP contribution in [0.1, 0.15) is 37.3 Å². The van der Waals surface area contributed by atoms with E-state index in [1.54, 1.807) is 19.3 Å². The number of carbonyl (C=O) groups is 1. The highest BCUT2D eigenvalue weighted by Gasteiger charge is 2.27. The van der Waals surface area contributed by atoms with Gasteiger partial charge in [0.25, 0.3) is 0 Å². The molecule has 1 saturated carbocycles. The number of fused-ring (bicyclic) bond motifs is 1. The van der Waals surface area contributed by atoms with Crippen molar-refractivity contribution < 1.29 is 18.0 Å². The molecule has 8 heteroatoms. The Labute approximate surface area is 179 Å². The van der Waals surface area contributed by atoms with Gasteiger partial charge in [-0.3, -0.25) is 9.78 Å². The largest absolute Gasteiger partial charge is 0.439 e. The van der Waals surface area contributed by atoms with E-state index >= 15 is 0 Å². The van der Waals surface area contributed by atoms with E-state index in [0.717, 1.165) is 36.6 Å². The lowest BCUT2D eigenvalue weighted by atomic mass is 9.82. The number of alkyl halides is 2. The van der Waals surface area contributed by atoms with E-state index in [9.17, 15) is 13.6 Å². The van der Waals surface area contributed by atoms with Crippen LogP contribution >= 0.6 is 0 Å². The lowest BCUT2D eigenvalue weighted by Crippen LogP contribution is -2.43. The Bertz CT molecular complexity index is 1040. The molecule has 3 aromatic rings. The molecule has 0 saturated heterocycles. The molecule has 0 radical (unpaired) electrons. The molecule has 3 aromatic heterocycles. The first-order valence-corrected chi connectivity index (χ1v) is 10.6. The van der Waals surface area contributed by atoms with Gasteiger partial charge < -0.3 is 9.73 Å². The third kappa shape index (κ3) is 5.12. The summed E-state index contributed by atoms with van der Waals surface area (Å²) < 4.78 is 31.0. The van der Waals surface area contributed by atoms with Gasteiger partial charge >= 0.3 is 0 Å². The third-order valence-corrected chi connectivity index (χ3v) is 5.89. The molecule has 6 nitrogen and oxygen atoms in total. The van der Waals surface area contributed by atoms with Crippen LogP contribution < -0.4 is 5.32 Å². The summed E-state index contributed by atoms with van der Waals surface area (Å²) in [4.78, 5) is 26.0. The van der Waals surface area contributed by atoms with Gasteiger partial charge in [-0.2, -0.15) is 0 Å². The molecular formula is C23H26F2N4O2. The quantitative estimate of drug-likeness (QED) is 0.580. The maximum atomic E-state index is 12.8. The molecule has 0 amide bonds. The van der Waals surface area contributed by atoms with Crippen LogP contribution in [0.15, 0.2) is 35.0 Å². The fraction of sp³-hybridized carbons (Fsp3) is 0.478. The number of pyridine rings is 2.